The highest BCUT2D eigenvalue weighted by molar-refractivity contribution is 7.99. The molecule has 0 saturated carbocycles. The second-order valence-corrected chi connectivity index (χ2v) is 4.79. The lowest BCUT2D eigenvalue weighted by molar-refractivity contribution is -0.137. The predicted molar refractivity (Wildman–Crippen MR) is 69.1 cm³/mol. The summed E-state index contributed by atoms with van der Waals surface area (Å²) in [5.74, 6) is 0.319. The maximum atomic E-state index is 10.9. The molecule has 1 aromatic rings. The van der Waals surface area contributed by atoms with Crippen molar-refractivity contribution in [1.82, 2.24) is 0 Å². The van der Waals surface area contributed by atoms with Gasteiger partial charge in [0, 0.05) is 10.8 Å². The number of hydrogen-bond acceptors (Lipinski definition) is 4. The quantitative estimate of drug-likeness (QED) is 0.772. The number of nitrogens with zero attached hydrogens (tertiary/aromatic N) is 1. The molecule has 0 spiro atoms. The molecule has 0 radical (unpaired) electrons. The minimum Gasteiger partial charge on any atom is -0.468 e. The number of halogens is 1. The van der Waals surface area contributed by atoms with Crippen molar-refractivity contribution in [3.05, 3.63) is 34.9 Å². The molecule has 0 aliphatic rings. The van der Waals surface area contributed by atoms with E-state index in [4.69, 9.17) is 16.9 Å². The van der Waals surface area contributed by atoms with E-state index in [0.29, 0.717) is 10.8 Å². The number of esters is 1. The van der Waals surface area contributed by atoms with E-state index in [9.17, 15) is 4.79 Å². The Morgan fingerprint density at radius 1 is 1.53 bits per heavy atom. The van der Waals surface area contributed by atoms with Gasteiger partial charge in [-0.05, 0) is 17.7 Å². The summed E-state index contributed by atoms with van der Waals surface area (Å²) >= 11 is 7.16. The van der Waals surface area contributed by atoms with E-state index in [1.165, 1.54) is 18.9 Å². The summed E-state index contributed by atoms with van der Waals surface area (Å²) in [5, 5.41) is 9.70. The Morgan fingerprint density at radius 2 is 2.18 bits per heavy atom. The number of rotatable bonds is 5. The Labute approximate surface area is 110 Å². The first-order valence-electron chi connectivity index (χ1n) is 4.97. The van der Waals surface area contributed by atoms with Crippen molar-refractivity contribution < 1.29 is 9.53 Å². The van der Waals surface area contributed by atoms with Crippen LogP contribution in [0, 0.1) is 11.3 Å². The van der Waals surface area contributed by atoms with Gasteiger partial charge in [-0.2, -0.15) is 5.26 Å². The Bertz CT molecular complexity index is 414. The fourth-order valence-electron chi connectivity index (χ4n) is 1.22. The van der Waals surface area contributed by atoms with E-state index in [1.54, 1.807) is 12.1 Å². The molecule has 0 aromatic heterocycles. The molecule has 3 nitrogen and oxygen atoms in total. The summed E-state index contributed by atoms with van der Waals surface area (Å²) in [6.45, 7) is 0. The third-order valence-corrected chi connectivity index (χ3v) is 3.42. The lowest BCUT2D eigenvalue weighted by Gasteiger charge is -2.08. The molecular weight excluding hydrogens is 258 g/mol. The third-order valence-electron chi connectivity index (χ3n) is 2.16. The minimum atomic E-state index is -0.275. The van der Waals surface area contributed by atoms with Crippen molar-refractivity contribution in [2.45, 2.75) is 5.92 Å². The minimum absolute atomic E-state index is 0.234. The van der Waals surface area contributed by atoms with E-state index >= 15 is 0 Å². The first kappa shape index (κ1) is 13.9. The van der Waals surface area contributed by atoms with Crippen LogP contribution in [0.5, 0.6) is 0 Å². The Hall–Kier alpha value is -1.18. The van der Waals surface area contributed by atoms with Crippen LogP contribution in [0.4, 0.5) is 0 Å². The van der Waals surface area contributed by atoms with Crippen LogP contribution in [0.15, 0.2) is 24.3 Å². The van der Waals surface area contributed by atoms with Crippen molar-refractivity contribution in [1.29, 1.82) is 5.26 Å². The van der Waals surface area contributed by atoms with E-state index < -0.39 is 0 Å². The van der Waals surface area contributed by atoms with Gasteiger partial charge in [-0.1, -0.05) is 23.7 Å². The molecular formula is C12H12ClNO2S. The molecule has 0 aliphatic carbocycles. The number of thioether (sulfide) groups is 1. The maximum Gasteiger partial charge on any atom is 0.315 e. The van der Waals surface area contributed by atoms with Gasteiger partial charge in [-0.25, -0.2) is 0 Å². The zero-order valence-corrected chi connectivity index (χ0v) is 10.9. The molecule has 0 fully saturated rings. The Morgan fingerprint density at radius 3 is 2.71 bits per heavy atom. The molecule has 1 atom stereocenters. The van der Waals surface area contributed by atoms with Crippen molar-refractivity contribution in [3.63, 3.8) is 0 Å². The monoisotopic (exact) mass is 269 g/mol. The van der Waals surface area contributed by atoms with Crippen LogP contribution >= 0.6 is 23.4 Å². The number of ether oxygens (including phenoxy) is 1. The molecule has 1 rings (SSSR count). The maximum absolute atomic E-state index is 10.9. The molecule has 0 N–H and O–H groups in total. The summed E-state index contributed by atoms with van der Waals surface area (Å²) < 4.78 is 4.53. The molecule has 0 heterocycles. The van der Waals surface area contributed by atoms with E-state index in [2.05, 4.69) is 10.8 Å². The van der Waals surface area contributed by atoms with Crippen molar-refractivity contribution >= 4 is 29.3 Å². The van der Waals surface area contributed by atoms with Crippen LogP contribution in [-0.2, 0) is 9.53 Å². The largest absolute Gasteiger partial charge is 0.468 e. The second-order valence-electron chi connectivity index (χ2n) is 3.32. The first-order valence-corrected chi connectivity index (χ1v) is 6.50. The molecule has 17 heavy (non-hydrogen) atoms. The Balaban J connectivity index is 2.52. The molecule has 90 valence electrons. The predicted octanol–water partition coefficient (Wildman–Crippen LogP) is 2.85. The van der Waals surface area contributed by atoms with Gasteiger partial charge in [0.15, 0.2) is 0 Å². The molecule has 0 bridgehead atoms. The van der Waals surface area contributed by atoms with Gasteiger partial charge in [-0.15, -0.1) is 11.8 Å². The summed E-state index contributed by atoms with van der Waals surface area (Å²) in [6.07, 6.45) is 0. The number of carbonyl (C=O) groups is 1. The topological polar surface area (TPSA) is 50.1 Å². The van der Waals surface area contributed by atoms with Gasteiger partial charge in [0.2, 0.25) is 0 Å². The van der Waals surface area contributed by atoms with Crippen molar-refractivity contribution in [2.75, 3.05) is 18.6 Å². The highest BCUT2D eigenvalue weighted by Gasteiger charge is 2.11. The van der Waals surface area contributed by atoms with E-state index in [0.717, 1.165) is 5.56 Å². The highest BCUT2D eigenvalue weighted by atomic mass is 35.5. The van der Waals surface area contributed by atoms with Gasteiger partial charge in [0.05, 0.1) is 24.8 Å². The van der Waals surface area contributed by atoms with Gasteiger partial charge < -0.3 is 4.74 Å². The van der Waals surface area contributed by atoms with Crippen LogP contribution in [0.25, 0.3) is 0 Å². The van der Waals surface area contributed by atoms with Crippen LogP contribution in [-0.4, -0.2) is 24.6 Å². The lowest BCUT2D eigenvalue weighted by atomic mass is 10.0. The summed E-state index contributed by atoms with van der Waals surface area (Å²) in [4.78, 5) is 10.9. The third kappa shape index (κ3) is 4.68. The number of benzene rings is 1. The van der Waals surface area contributed by atoms with Gasteiger partial charge in [0.1, 0.15) is 0 Å². The number of methoxy groups -OCH3 is 1. The second kappa shape index (κ2) is 7.21. The first-order chi connectivity index (χ1) is 8.17. The van der Waals surface area contributed by atoms with Crippen molar-refractivity contribution in [3.8, 4) is 6.07 Å². The van der Waals surface area contributed by atoms with Crippen LogP contribution in [0.1, 0.15) is 11.5 Å². The Kier molecular flexibility index (Phi) is 5.88. The molecule has 0 saturated heterocycles. The standard InChI is InChI=1S/C12H12ClNO2S/c1-16-12(15)8-17-7-10(6-14)9-2-4-11(13)5-3-9/h2-5,10H,7-8H2,1H3. The van der Waals surface area contributed by atoms with E-state index in [-0.39, 0.29) is 17.6 Å². The fraction of sp³-hybridized carbons (Fsp3) is 0.333. The van der Waals surface area contributed by atoms with Crippen LogP contribution < -0.4 is 0 Å². The summed E-state index contributed by atoms with van der Waals surface area (Å²) in [7, 11) is 1.35. The number of hydrogen-bond donors (Lipinski definition) is 0. The fourth-order valence-corrected chi connectivity index (χ4v) is 2.25. The van der Waals surface area contributed by atoms with Gasteiger partial charge in [0.25, 0.3) is 0 Å². The highest BCUT2D eigenvalue weighted by Crippen LogP contribution is 2.22. The zero-order valence-electron chi connectivity index (χ0n) is 9.35. The molecule has 5 heteroatoms. The normalized spacial score (nSPS) is 11.6. The lowest BCUT2D eigenvalue weighted by Crippen LogP contribution is -2.06. The molecule has 0 aliphatic heterocycles. The molecule has 1 aromatic carbocycles. The van der Waals surface area contributed by atoms with Crippen molar-refractivity contribution in [2.24, 2.45) is 0 Å². The molecule has 1 unspecified atom stereocenters. The SMILES string of the molecule is COC(=O)CSCC(C#N)c1ccc(Cl)cc1. The molecule has 0 amide bonds. The number of carbonyl (C=O) groups excluding carboxylic acids is 1. The smallest absolute Gasteiger partial charge is 0.315 e. The average Bonchev–Trinajstić information content (AvgIpc) is 2.35. The average molecular weight is 270 g/mol. The van der Waals surface area contributed by atoms with E-state index in [1.807, 2.05) is 12.1 Å². The summed E-state index contributed by atoms with van der Waals surface area (Å²) in [5.41, 5.74) is 0.911. The van der Waals surface area contributed by atoms with Crippen LogP contribution in [0.2, 0.25) is 5.02 Å². The van der Waals surface area contributed by atoms with Gasteiger partial charge in [-0.3, -0.25) is 4.79 Å². The number of nitriles is 1. The van der Waals surface area contributed by atoms with Crippen LogP contribution in [0.3, 0.4) is 0 Å². The summed E-state index contributed by atoms with van der Waals surface area (Å²) in [6, 6.07) is 9.38. The zero-order chi connectivity index (χ0) is 12.7. The van der Waals surface area contributed by atoms with Gasteiger partial charge >= 0.3 is 5.97 Å².